The van der Waals surface area contributed by atoms with Crippen LogP contribution in [-0.2, 0) is 4.79 Å². The zero-order chi connectivity index (χ0) is 11.8. The lowest BCUT2D eigenvalue weighted by molar-refractivity contribution is -0.119. The first kappa shape index (κ1) is 11.6. The Morgan fingerprint density at radius 2 is 1.94 bits per heavy atom. The second kappa shape index (κ2) is 4.15. The van der Waals surface area contributed by atoms with Crippen molar-refractivity contribution in [3.05, 3.63) is 41.2 Å². The van der Waals surface area contributed by atoms with Crippen LogP contribution in [0.3, 0.4) is 0 Å². The highest BCUT2D eigenvalue weighted by Gasteiger charge is 2.42. The van der Waals surface area contributed by atoms with E-state index in [4.69, 9.17) is 6.57 Å². The molecule has 0 aromatic heterocycles. The van der Waals surface area contributed by atoms with E-state index in [9.17, 15) is 4.79 Å². The molecule has 4 heteroatoms. The van der Waals surface area contributed by atoms with Crippen molar-refractivity contribution in [2.45, 2.75) is 23.8 Å². The fourth-order valence-electron chi connectivity index (χ4n) is 1.50. The molecule has 1 aromatic carbocycles. The van der Waals surface area contributed by atoms with Crippen LogP contribution in [0.1, 0.15) is 24.7 Å². The Hall–Kier alpha value is -0.920. The van der Waals surface area contributed by atoms with E-state index in [1.54, 1.807) is 33.7 Å². The topological polar surface area (TPSA) is 21.4 Å². The Labute approximate surface area is 103 Å². The predicted molar refractivity (Wildman–Crippen MR) is 69.7 cm³/mol. The van der Waals surface area contributed by atoms with Crippen molar-refractivity contribution in [1.82, 2.24) is 0 Å². The molecule has 1 aromatic rings. The average Bonchev–Trinajstić information content (AvgIpc) is 2.55. The SMILES string of the molecule is [C-]#[N+]c1ccc(C2SSC(C)(C)C2=O)cc1. The summed E-state index contributed by atoms with van der Waals surface area (Å²) in [5.41, 5.74) is 1.62. The molecule has 1 atom stereocenters. The minimum Gasteiger partial charge on any atom is -0.296 e. The van der Waals surface area contributed by atoms with Crippen LogP contribution in [0.4, 0.5) is 5.69 Å². The summed E-state index contributed by atoms with van der Waals surface area (Å²) in [4.78, 5) is 15.4. The Balaban J connectivity index is 2.27. The molecule has 16 heavy (non-hydrogen) atoms. The summed E-state index contributed by atoms with van der Waals surface area (Å²) in [5.74, 6) is 0.262. The van der Waals surface area contributed by atoms with Crippen molar-refractivity contribution in [1.29, 1.82) is 0 Å². The van der Waals surface area contributed by atoms with Crippen molar-refractivity contribution >= 4 is 33.1 Å². The second-order valence-electron chi connectivity index (χ2n) is 4.14. The predicted octanol–water partition coefficient (Wildman–Crippen LogP) is 4.02. The van der Waals surface area contributed by atoms with E-state index in [1.807, 2.05) is 26.0 Å². The Morgan fingerprint density at radius 1 is 1.31 bits per heavy atom. The molecule has 0 bridgehead atoms. The smallest absolute Gasteiger partial charge is 0.187 e. The van der Waals surface area contributed by atoms with Crippen LogP contribution < -0.4 is 0 Å². The fraction of sp³-hybridized carbons (Fsp3) is 0.333. The lowest BCUT2D eigenvalue weighted by Gasteiger charge is -2.13. The van der Waals surface area contributed by atoms with Gasteiger partial charge in [0.05, 0.1) is 16.6 Å². The highest BCUT2D eigenvalue weighted by molar-refractivity contribution is 8.78. The van der Waals surface area contributed by atoms with Gasteiger partial charge in [-0.1, -0.05) is 45.9 Å². The molecule has 2 nitrogen and oxygen atoms in total. The minimum atomic E-state index is -0.298. The first-order valence-electron chi connectivity index (χ1n) is 4.91. The zero-order valence-electron chi connectivity index (χ0n) is 9.06. The quantitative estimate of drug-likeness (QED) is 0.554. The van der Waals surface area contributed by atoms with Gasteiger partial charge >= 0.3 is 0 Å². The maximum absolute atomic E-state index is 12.1. The Kier molecular flexibility index (Phi) is 3.00. The number of Topliss-reactive ketones (excluding diaryl/α,β-unsaturated/α-hetero) is 1. The van der Waals surface area contributed by atoms with E-state index in [2.05, 4.69) is 4.85 Å². The van der Waals surface area contributed by atoms with Gasteiger partial charge in [-0.3, -0.25) is 4.79 Å². The van der Waals surface area contributed by atoms with Crippen LogP contribution in [-0.4, -0.2) is 10.5 Å². The highest BCUT2D eigenvalue weighted by atomic mass is 33.1. The number of carbonyl (C=O) groups is 1. The number of hydrogen-bond acceptors (Lipinski definition) is 3. The molecular formula is C12H11NOS2. The van der Waals surface area contributed by atoms with E-state index >= 15 is 0 Å². The highest BCUT2D eigenvalue weighted by Crippen LogP contribution is 2.55. The van der Waals surface area contributed by atoms with E-state index in [0.29, 0.717) is 5.69 Å². The van der Waals surface area contributed by atoms with Gasteiger partial charge < -0.3 is 0 Å². The van der Waals surface area contributed by atoms with E-state index in [1.165, 1.54) is 0 Å². The molecule has 0 saturated carbocycles. The summed E-state index contributed by atoms with van der Waals surface area (Å²) in [7, 11) is 3.24. The van der Waals surface area contributed by atoms with Gasteiger partial charge in [-0.15, -0.1) is 0 Å². The maximum atomic E-state index is 12.1. The summed E-state index contributed by atoms with van der Waals surface area (Å²) < 4.78 is -0.298. The first-order valence-corrected chi connectivity index (χ1v) is 7.12. The van der Waals surface area contributed by atoms with Gasteiger partial charge in [0.2, 0.25) is 0 Å². The summed E-state index contributed by atoms with van der Waals surface area (Å²) in [6.45, 7) is 10.8. The molecule has 1 heterocycles. The molecule has 1 unspecified atom stereocenters. The van der Waals surface area contributed by atoms with Gasteiger partial charge in [0.1, 0.15) is 0 Å². The van der Waals surface area contributed by atoms with Crippen molar-refractivity contribution in [2.75, 3.05) is 0 Å². The number of benzene rings is 1. The zero-order valence-corrected chi connectivity index (χ0v) is 10.7. The lowest BCUT2D eigenvalue weighted by atomic mass is 9.99. The summed E-state index contributed by atoms with van der Waals surface area (Å²) >= 11 is 0. The van der Waals surface area contributed by atoms with E-state index in [-0.39, 0.29) is 15.8 Å². The molecule has 0 spiro atoms. The molecule has 1 aliphatic heterocycles. The number of carbonyl (C=O) groups excluding carboxylic acids is 1. The van der Waals surface area contributed by atoms with Gasteiger partial charge in [-0.25, -0.2) is 4.85 Å². The number of nitrogens with zero attached hydrogens (tertiary/aromatic N) is 1. The standard InChI is InChI=1S/C12H11NOS2/c1-12(2)11(14)10(15-16-12)8-4-6-9(13-3)7-5-8/h4-7,10H,1-2H3. The van der Waals surface area contributed by atoms with Crippen LogP contribution in [0.15, 0.2) is 24.3 Å². The molecule has 0 aliphatic carbocycles. The molecule has 1 fully saturated rings. The summed E-state index contributed by atoms with van der Waals surface area (Å²) in [5, 5.41) is -0.0835. The fourth-order valence-corrected chi connectivity index (χ4v) is 4.61. The molecule has 0 N–H and O–H groups in total. The minimum absolute atomic E-state index is 0.0835. The van der Waals surface area contributed by atoms with Crippen LogP contribution >= 0.6 is 21.6 Å². The lowest BCUT2D eigenvalue weighted by Crippen LogP contribution is -2.25. The van der Waals surface area contributed by atoms with Crippen molar-refractivity contribution in [2.24, 2.45) is 0 Å². The van der Waals surface area contributed by atoms with Crippen LogP contribution in [0.25, 0.3) is 4.85 Å². The molecule has 1 aliphatic rings. The van der Waals surface area contributed by atoms with Gasteiger partial charge in [0.15, 0.2) is 11.5 Å². The monoisotopic (exact) mass is 249 g/mol. The van der Waals surface area contributed by atoms with Gasteiger partial charge in [-0.05, 0) is 19.4 Å². The molecular weight excluding hydrogens is 238 g/mol. The normalized spacial score (nSPS) is 23.1. The molecule has 82 valence electrons. The molecule has 2 rings (SSSR count). The average molecular weight is 249 g/mol. The number of ketones is 1. The van der Waals surface area contributed by atoms with E-state index in [0.717, 1.165) is 5.56 Å². The third-order valence-corrected chi connectivity index (χ3v) is 6.02. The van der Waals surface area contributed by atoms with Crippen LogP contribution in [0, 0.1) is 6.57 Å². The third kappa shape index (κ3) is 1.98. The van der Waals surface area contributed by atoms with Crippen LogP contribution in [0.2, 0.25) is 0 Å². The van der Waals surface area contributed by atoms with Gasteiger partial charge in [-0.2, -0.15) is 0 Å². The summed E-state index contributed by atoms with van der Waals surface area (Å²) in [6, 6.07) is 7.30. The third-order valence-electron chi connectivity index (χ3n) is 2.51. The van der Waals surface area contributed by atoms with Crippen molar-refractivity contribution in [3.63, 3.8) is 0 Å². The number of hydrogen-bond donors (Lipinski definition) is 0. The first-order chi connectivity index (χ1) is 7.54. The van der Waals surface area contributed by atoms with Crippen LogP contribution in [0.5, 0.6) is 0 Å². The van der Waals surface area contributed by atoms with E-state index < -0.39 is 0 Å². The Bertz CT molecular complexity index is 459. The van der Waals surface area contributed by atoms with Crippen molar-refractivity contribution < 1.29 is 4.79 Å². The second-order valence-corrected chi connectivity index (χ2v) is 7.07. The van der Waals surface area contributed by atoms with Gasteiger partial charge in [0.25, 0.3) is 0 Å². The molecule has 0 amide bonds. The molecule has 1 saturated heterocycles. The largest absolute Gasteiger partial charge is 0.296 e. The maximum Gasteiger partial charge on any atom is 0.187 e. The molecule has 0 radical (unpaired) electrons. The van der Waals surface area contributed by atoms with Crippen molar-refractivity contribution in [3.8, 4) is 0 Å². The number of rotatable bonds is 1. The Morgan fingerprint density at radius 3 is 2.38 bits per heavy atom. The summed E-state index contributed by atoms with van der Waals surface area (Å²) in [6.07, 6.45) is 0. The van der Waals surface area contributed by atoms with Gasteiger partial charge in [0, 0.05) is 0 Å².